The van der Waals surface area contributed by atoms with Crippen LogP contribution in [0.4, 0.5) is 0 Å². The molecular formula is C15H18N2O. The van der Waals surface area contributed by atoms with Crippen LogP contribution in [0.5, 0.6) is 0 Å². The summed E-state index contributed by atoms with van der Waals surface area (Å²) in [5.41, 5.74) is 1.71. The van der Waals surface area contributed by atoms with Crippen molar-refractivity contribution in [1.29, 1.82) is 0 Å². The molecule has 0 spiro atoms. The molecule has 0 atom stereocenters. The zero-order chi connectivity index (χ0) is 12.8. The predicted molar refractivity (Wildman–Crippen MR) is 73.1 cm³/mol. The Morgan fingerprint density at radius 2 is 1.83 bits per heavy atom. The molecule has 1 aromatic carbocycles. The summed E-state index contributed by atoms with van der Waals surface area (Å²) in [7, 11) is 0. The lowest BCUT2D eigenvalue weighted by atomic mass is 10.1. The van der Waals surface area contributed by atoms with Crippen molar-refractivity contribution in [1.82, 2.24) is 9.78 Å². The molecule has 0 saturated carbocycles. The molecule has 0 fully saturated rings. The lowest BCUT2D eigenvalue weighted by Crippen LogP contribution is -2.21. The summed E-state index contributed by atoms with van der Waals surface area (Å²) in [5, 5.41) is 4.42. The molecule has 0 aliphatic rings. The number of aromatic nitrogens is 2. The van der Waals surface area contributed by atoms with Crippen LogP contribution < -0.4 is 5.56 Å². The van der Waals surface area contributed by atoms with Crippen LogP contribution in [0.15, 0.2) is 47.3 Å². The highest BCUT2D eigenvalue weighted by Crippen LogP contribution is 2.05. The molecule has 18 heavy (non-hydrogen) atoms. The van der Waals surface area contributed by atoms with Gasteiger partial charge in [0, 0.05) is 6.07 Å². The van der Waals surface area contributed by atoms with Gasteiger partial charge in [-0.05, 0) is 31.0 Å². The van der Waals surface area contributed by atoms with Gasteiger partial charge in [-0.3, -0.25) is 4.79 Å². The average molecular weight is 242 g/mol. The molecule has 0 aliphatic heterocycles. The van der Waals surface area contributed by atoms with Crippen molar-refractivity contribution in [3.8, 4) is 5.69 Å². The molecule has 0 radical (unpaired) electrons. The average Bonchev–Trinajstić information content (AvgIpc) is 2.42. The number of hydrogen-bond acceptors (Lipinski definition) is 2. The van der Waals surface area contributed by atoms with Crippen LogP contribution >= 0.6 is 0 Å². The zero-order valence-electron chi connectivity index (χ0n) is 10.7. The van der Waals surface area contributed by atoms with E-state index in [-0.39, 0.29) is 5.56 Å². The van der Waals surface area contributed by atoms with Gasteiger partial charge in [-0.25, -0.2) is 0 Å². The Labute approximate surface area is 107 Å². The van der Waals surface area contributed by atoms with E-state index in [0.717, 1.165) is 24.2 Å². The Bertz CT molecular complexity index is 546. The Hall–Kier alpha value is -1.90. The van der Waals surface area contributed by atoms with E-state index in [9.17, 15) is 4.79 Å². The Balaban J connectivity index is 2.25. The molecule has 0 saturated heterocycles. The van der Waals surface area contributed by atoms with Gasteiger partial charge in [0.05, 0.1) is 11.4 Å². The Morgan fingerprint density at radius 1 is 1.06 bits per heavy atom. The minimum Gasteiger partial charge on any atom is -0.267 e. The third-order valence-corrected chi connectivity index (χ3v) is 2.89. The highest BCUT2D eigenvalue weighted by molar-refractivity contribution is 5.30. The summed E-state index contributed by atoms with van der Waals surface area (Å²) in [5.74, 6) is 0. The third-order valence-electron chi connectivity index (χ3n) is 2.89. The number of hydrogen-bond donors (Lipinski definition) is 0. The number of aryl methyl sites for hydroxylation is 1. The molecule has 2 aromatic rings. The summed E-state index contributed by atoms with van der Waals surface area (Å²) in [6, 6.07) is 13.0. The second kappa shape index (κ2) is 6.15. The first-order valence-corrected chi connectivity index (χ1v) is 6.46. The number of nitrogens with zero attached hydrogens (tertiary/aromatic N) is 2. The molecular weight excluding hydrogens is 224 g/mol. The minimum absolute atomic E-state index is 0.0829. The summed E-state index contributed by atoms with van der Waals surface area (Å²) < 4.78 is 1.47. The van der Waals surface area contributed by atoms with Crippen molar-refractivity contribution in [2.75, 3.05) is 0 Å². The van der Waals surface area contributed by atoms with Crippen LogP contribution in [0.2, 0.25) is 0 Å². The van der Waals surface area contributed by atoms with Gasteiger partial charge in [0.15, 0.2) is 0 Å². The van der Waals surface area contributed by atoms with Crippen molar-refractivity contribution >= 4 is 0 Å². The van der Waals surface area contributed by atoms with E-state index < -0.39 is 0 Å². The van der Waals surface area contributed by atoms with Gasteiger partial charge in [-0.1, -0.05) is 38.0 Å². The fourth-order valence-electron chi connectivity index (χ4n) is 1.89. The predicted octanol–water partition coefficient (Wildman–Crippen LogP) is 2.97. The molecule has 94 valence electrons. The lowest BCUT2D eigenvalue weighted by molar-refractivity contribution is 0.678. The first kappa shape index (κ1) is 12.6. The van der Waals surface area contributed by atoms with E-state index in [4.69, 9.17) is 0 Å². The smallest absolute Gasteiger partial charge is 0.267 e. The summed E-state index contributed by atoms with van der Waals surface area (Å²) in [4.78, 5) is 11.8. The van der Waals surface area contributed by atoms with E-state index in [1.165, 1.54) is 17.5 Å². The van der Waals surface area contributed by atoms with Crippen molar-refractivity contribution in [3.63, 3.8) is 0 Å². The zero-order valence-corrected chi connectivity index (χ0v) is 10.7. The van der Waals surface area contributed by atoms with Gasteiger partial charge in [0.1, 0.15) is 0 Å². The van der Waals surface area contributed by atoms with Gasteiger partial charge in [0.2, 0.25) is 0 Å². The molecule has 1 heterocycles. The highest BCUT2D eigenvalue weighted by Gasteiger charge is 2.02. The van der Waals surface area contributed by atoms with E-state index >= 15 is 0 Å². The highest BCUT2D eigenvalue weighted by atomic mass is 16.1. The SMILES string of the molecule is CCCCCc1ccc(=O)n(-c2ccccc2)n1. The molecule has 0 bridgehead atoms. The van der Waals surface area contributed by atoms with Gasteiger partial charge in [-0.15, -0.1) is 0 Å². The fourth-order valence-corrected chi connectivity index (χ4v) is 1.89. The lowest BCUT2D eigenvalue weighted by Gasteiger charge is -2.06. The number of unbranched alkanes of at least 4 members (excludes halogenated alkanes) is 2. The van der Waals surface area contributed by atoms with Crippen molar-refractivity contribution in [2.45, 2.75) is 32.6 Å². The number of rotatable bonds is 5. The van der Waals surface area contributed by atoms with E-state index in [2.05, 4.69) is 12.0 Å². The van der Waals surface area contributed by atoms with Gasteiger partial charge >= 0.3 is 0 Å². The summed E-state index contributed by atoms with van der Waals surface area (Å²) in [6.45, 7) is 2.18. The second-order valence-electron chi connectivity index (χ2n) is 4.37. The first-order chi connectivity index (χ1) is 8.81. The Morgan fingerprint density at radius 3 is 2.56 bits per heavy atom. The minimum atomic E-state index is -0.0829. The van der Waals surface area contributed by atoms with Gasteiger partial charge in [-0.2, -0.15) is 9.78 Å². The maximum atomic E-state index is 11.8. The second-order valence-corrected chi connectivity index (χ2v) is 4.37. The normalized spacial score (nSPS) is 10.5. The molecule has 2 rings (SSSR count). The Kier molecular flexibility index (Phi) is 4.29. The van der Waals surface area contributed by atoms with Crippen LogP contribution in [-0.4, -0.2) is 9.78 Å². The van der Waals surface area contributed by atoms with Crippen LogP contribution in [0.1, 0.15) is 31.9 Å². The van der Waals surface area contributed by atoms with Crippen molar-refractivity contribution in [3.05, 3.63) is 58.5 Å². The molecule has 0 aliphatic carbocycles. The summed E-state index contributed by atoms with van der Waals surface area (Å²) in [6.07, 6.45) is 4.45. The van der Waals surface area contributed by atoms with Crippen LogP contribution in [-0.2, 0) is 6.42 Å². The van der Waals surface area contributed by atoms with Crippen LogP contribution in [0, 0.1) is 0 Å². The summed E-state index contributed by atoms with van der Waals surface area (Å²) >= 11 is 0. The fraction of sp³-hybridized carbons (Fsp3) is 0.333. The van der Waals surface area contributed by atoms with E-state index in [0.29, 0.717) is 0 Å². The standard InChI is InChI=1S/C15H18N2O/c1-2-3-5-8-13-11-12-15(18)17(16-13)14-9-6-4-7-10-14/h4,6-7,9-12H,2-3,5,8H2,1H3. The molecule has 0 N–H and O–H groups in total. The third kappa shape index (κ3) is 3.06. The quantitative estimate of drug-likeness (QED) is 0.755. The molecule has 3 nitrogen and oxygen atoms in total. The van der Waals surface area contributed by atoms with Crippen molar-refractivity contribution in [2.24, 2.45) is 0 Å². The monoisotopic (exact) mass is 242 g/mol. The molecule has 0 amide bonds. The van der Waals surface area contributed by atoms with Gasteiger partial charge < -0.3 is 0 Å². The largest absolute Gasteiger partial charge is 0.271 e. The van der Waals surface area contributed by atoms with E-state index in [1.54, 1.807) is 6.07 Å². The molecule has 0 unspecified atom stereocenters. The maximum Gasteiger partial charge on any atom is 0.271 e. The van der Waals surface area contributed by atoms with Crippen LogP contribution in [0.3, 0.4) is 0 Å². The van der Waals surface area contributed by atoms with Crippen LogP contribution in [0.25, 0.3) is 5.69 Å². The number of para-hydroxylation sites is 1. The first-order valence-electron chi connectivity index (χ1n) is 6.46. The molecule has 3 heteroatoms. The topological polar surface area (TPSA) is 34.9 Å². The van der Waals surface area contributed by atoms with Crippen molar-refractivity contribution < 1.29 is 0 Å². The number of benzene rings is 1. The maximum absolute atomic E-state index is 11.8. The van der Waals surface area contributed by atoms with Gasteiger partial charge in [0.25, 0.3) is 5.56 Å². The van der Waals surface area contributed by atoms with E-state index in [1.807, 2.05) is 36.4 Å². The molecule has 1 aromatic heterocycles.